The highest BCUT2D eigenvalue weighted by atomic mass is 16.6. The third kappa shape index (κ3) is 3.41. The van der Waals surface area contributed by atoms with Gasteiger partial charge in [-0.1, -0.05) is 60.7 Å². The molecule has 7 heteroatoms. The highest BCUT2D eigenvalue weighted by Crippen LogP contribution is 2.29. The molecule has 0 atom stereocenters. The van der Waals surface area contributed by atoms with E-state index in [1.807, 2.05) is 60.7 Å². The quantitative estimate of drug-likeness (QED) is 0.325. The number of hydrogen-bond acceptors (Lipinski definition) is 6. The maximum atomic E-state index is 11.3. The summed E-state index contributed by atoms with van der Waals surface area (Å²) in [5, 5.41) is 11.3. The van der Waals surface area contributed by atoms with Crippen LogP contribution in [0.5, 0.6) is 0 Å². The number of aromatic nitrogens is 3. The number of nitro benzene ring substituents is 1. The van der Waals surface area contributed by atoms with Gasteiger partial charge in [-0.05, 0) is 12.1 Å². The summed E-state index contributed by atoms with van der Waals surface area (Å²) in [6.45, 7) is 0. The van der Waals surface area contributed by atoms with Crippen LogP contribution >= 0.6 is 0 Å². The first-order chi connectivity index (χ1) is 13.6. The molecule has 0 aliphatic carbocycles. The first-order valence-corrected chi connectivity index (χ1v) is 8.53. The lowest BCUT2D eigenvalue weighted by Gasteiger charge is -2.08. The van der Waals surface area contributed by atoms with Crippen molar-refractivity contribution in [1.82, 2.24) is 15.0 Å². The van der Waals surface area contributed by atoms with Crippen LogP contribution in [-0.4, -0.2) is 19.9 Å². The summed E-state index contributed by atoms with van der Waals surface area (Å²) >= 11 is 0. The molecule has 0 amide bonds. The summed E-state index contributed by atoms with van der Waals surface area (Å²) in [5.74, 6) is 1.32. The minimum atomic E-state index is -0.518. The first kappa shape index (κ1) is 17.3. The van der Waals surface area contributed by atoms with E-state index in [9.17, 15) is 10.1 Å². The summed E-state index contributed by atoms with van der Waals surface area (Å²) in [6.07, 6.45) is 0. The third-order valence-corrected chi connectivity index (χ3v) is 4.18. The Kier molecular flexibility index (Phi) is 4.47. The van der Waals surface area contributed by atoms with Crippen LogP contribution in [0.15, 0.2) is 78.9 Å². The van der Waals surface area contributed by atoms with Crippen LogP contribution in [0.1, 0.15) is 0 Å². The summed E-state index contributed by atoms with van der Waals surface area (Å²) < 4.78 is 0. The Morgan fingerprint density at radius 2 is 1.14 bits per heavy atom. The molecule has 1 heterocycles. The Balaban J connectivity index is 1.92. The molecule has 0 aliphatic heterocycles. The van der Waals surface area contributed by atoms with Crippen molar-refractivity contribution in [3.8, 4) is 34.2 Å². The van der Waals surface area contributed by atoms with Crippen LogP contribution in [0, 0.1) is 10.1 Å². The second kappa shape index (κ2) is 7.24. The molecule has 0 fully saturated rings. The van der Waals surface area contributed by atoms with Crippen molar-refractivity contribution < 1.29 is 4.92 Å². The SMILES string of the molecule is Nc1ccc(-c2nc(-c3ccccc3)nc(-c3ccccc3)n2)cc1[N+](=O)[O-]. The van der Waals surface area contributed by atoms with Crippen molar-refractivity contribution in [3.63, 3.8) is 0 Å². The highest BCUT2D eigenvalue weighted by Gasteiger charge is 2.16. The third-order valence-electron chi connectivity index (χ3n) is 4.18. The molecule has 0 unspecified atom stereocenters. The van der Waals surface area contributed by atoms with Gasteiger partial charge in [0, 0.05) is 22.8 Å². The van der Waals surface area contributed by atoms with Gasteiger partial charge in [0.1, 0.15) is 5.69 Å². The van der Waals surface area contributed by atoms with E-state index >= 15 is 0 Å². The average Bonchev–Trinajstić information content (AvgIpc) is 2.75. The van der Waals surface area contributed by atoms with Gasteiger partial charge in [-0.15, -0.1) is 0 Å². The molecular formula is C21H15N5O2. The molecule has 4 aromatic rings. The Labute approximate surface area is 160 Å². The van der Waals surface area contributed by atoms with Crippen LogP contribution in [0.4, 0.5) is 11.4 Å². The summed E-state index contributed by atoms with van der Waals surface area (Å²) in [7, 11) is 0. The number of hydrogen-bond donors (Lipinski definition) is 1. The van der Waals surface area contributed by atoms with Crippen LogP contribution in [0.25, 0.3) is 34.2 Å². The Hall–Kier alpha value is -4.13. The van der Waals surface area contributed by atoms with Crippen molar-refractivity contribution in [3.05, 3.63) is 89.0 Å². The topological polar surface area (TPSA) is 108 Å². The molecule has 7 nitrogen and oxygen atoms in total. The number of anilines is 1. The van der Waals surface area contributed by atoms with E-state index in [4.69, 9.17) is 5.73 Å². The van der Waals surface area contributed by atoms with Gasteiger partial charge in [-0.2, -0.15) is 0 Å². The van der Waals surface area contributed by atoms with E-state index in [0.717, 1.165) is 11.1 Å². The molecule has 136 valence electrons. The zero-order valence-electron chi connectivity index (χ0n) is 14.7. The Bertz CT molecular complexity index is 1090. The van der Waals surface area contributed by atoms with E-state index in [1.165, 1.54) is 12.1 Å². The molecule has 28 heavy (non-hydrogen) atoms. The Morgan fingerprint density at radius 1 is 0.679 bits per heavy atom. The van der Waals surface area contributed by atoms with Crippen molar-refractivity contribution in [2.24, 2.45) is 0 Å². The molecule has 0 bridgehead atoms. The maximum absolute atomic E-state index is 11.3. The first-order valence-electron chi connectivity index (χ1n) is 8.53. The molecular weight excluding hydrogens is 354 g/mol. The second-order valence-electron chi connectivity index (χ2n) is 6.07. The van der Waals surface area contributed by atoms with E-state index in [2.05, 4.69) is 15.0 Å². The smallest absolute Gasteiger partial charge is 0.292 e. The molecule has 2 N–H and O–H groups in total. The van der Waals surface area contributed by atoms with Crippen molar-refractivity contribution >= 4 is 11.4 Å². The fourth-order valence-electron chi connectivity index (χ4n) is 2.78. The van der Waals surface area contributed by atoms with E-state index in [-0.39, 0.29) is 11.4 Å². The normalized spacial score (nSPS) is 10.6. The molecule has 4 rings (SSSR count). The van der Waals surface area contributed by atoms with Crippen LogP contribution < -0.4 is 5.73 Å². The molecule has 3 aromatic carbocycles. The van der Waals surface area contributed by atoms with Gasteiger partial charge in [0.2, 0.25) is 0 Å². The Morgan fingerprint density at radius 3 is 1.61 bits per heavy atom. The molecule has 1 aromatic heterocycles. The largest absolute Gasteiger partial charge is 0.393 e. The zero-order valence-corrected chi connectivity index (χ0v) is 14.7. The van der Waals surface area contributed by atoms with Crippen molar-refractivity contribution in [1.29, 1.82) is 0 Å². The molecule has 0 spiro atoms. The lowest BCUT2D eigenvalue weighted by atomic mass is 10.1. The van der Waals surface area contributed by atoms with Gasteiger partial charge in [0.15, 0.2) is 17.5 Å². The number of nitrogen functional groups attached to an aromatic ring is 1. The van der Waals surface area contributed by atoms with E-state index in [0.29, 0.717) is 23.0 Å². The van der Waals surface area contributed by atoms with Crippen LogP contribution in [0.2, 0.25) is 0 Å². The predicted octanol–water partition coefficient (Wildman–Crippen LogP) is 4.36. The predicted molar refractivity (Wildman–Crippen MR) is 107 cm³/mol. The number of nitrogens with two attached hydrogens (primary N) is 1. The summed E-state index contributed by atoms with van der Waals surface area (Å²) in [5.41, 5.74) is 7.78. The molecule has 0 saturated carbocycles. The highest BCUT2D eigenvalue weighted by molar-refractivity contribution is 5.71. The zero-order chi connectivity index (χ0) is 19.5. The number of benzene rings is 3. The monoisotopic (exact) mass is 369 g/mol. The van der Waals surface area contributed by atoms with Crippen LogP contribution in [0.3, 0.4) is 0 Å². The number of nitro groups is 1. The van der Waals surface area contributed by atoms with Gasteiger partial charge in [0.05, 0.1) is 4.92 Å². The van der Waals surface area contributed by atoms with E-state index in [1.54, 1.807) is 6.07 Å². The second-order valence-corrected chi connectivity index (χ2v) is 6.07. The minimum Gasteiger partial charge on any atom is -0.393 e. The van der Waals surface area contributed by atoms with Gasteiger partial charge in [-0.25, -0.2) is 15.0 Å². The molecule has 0 aliphatic rings. The standard InChI is InChI=1S/C21H15N5O2/c22-17-12-11-16(13-18(17)26(27)28)21-24-19(14-7-3-1-4-8-14)23-20(25-21)15-9-5-2-6-10-15/h1-13H,22H2. The maximum Gasteiger partial charge on any atom is 0.292 e. The van der Waals surface area contributed by atoms with Gasteiger partial charge in [-0.3, -0.25) is 10.1 Å². The minimum absolute atomic E-state index is 0.0920. The number of rotatable bonds is 4. The lowest BCUT2D eigenvalue weighted by Crippen LogP contribution is -2.01. The molecule has 0 radical (unpaired) electrons. The van der Waals surface area contributed by atoms with Crippen molar-refractivity contribution in [2.75, 3.05) is 5.73 Å². The van der Waals surface area contributed by atoms with Gasteiger partial charge in [0.25, 0.3) is 5.69 Å². The van der Waals surface area contributed by atoms with Crippen LogP contribution in [-0.2, 0) is 0 Å². The van der Waals surface area contributed by atoms with Gasteiger partial charge >= 0.3 is 0 Å². The lowest BCUT2D eigenvalue weighted by molar-refractivity contribution is -0.383. The fourth-order valence-corrected chi connectivity index (χ4v) is 2.78. The average molecular weight is 369 g/mol. The fraction of sp³-hybridized carbons (Fsp3) is 0. The van der Waals surface area contributed by atoms with Gasteiger partial charge < -0.3 is 5.73 Å². The summed E-state index contributed by atoms with van der Waals surface area (Å²) in [4.78, 5) is 24.4. The van der Waals surface area contributed by atoms with Crippen molar-refractivity contribution in [2.45, 2.75) is 0 Å². The molecule has 0 saturated heterocycles. The number of nitrogens with zero attached hydrogens (tertiary/aromatic N) is 4. The van der Waals surface area contributed by atoms with E-state index < -0.39 is 4.92 Å². The summed E-state index contributed by atoms with van der Waals surface area (Å²) in [6, 6.07) is 23.6.